The van der Waals surface area contributed by atoms with E-state index in [0.29, 0.717) is 54.4 Å². The Balaban J connectivity index is 1.66. The number of β-amino-alcohol motifs (C(OH)–C–C–N with tert-alkyl or cyclic N) is 1. The Labute approximate surface area is 186 Å². The molecule has 0 amide bonds. The number of aliphatic hydroxyl groups is 1. The molecule has 3 N–H and O–H groups in total. The van der Waals surface area contributed by atoms with Gasteiger partial charge in [-0.2, -0.15) is 4.98 Å². The Morgan fingerprint density at radius 1 is 1.22 bits per heavy atom. The molecule has 2 atom stereocenters. The molecule has 0 spiro atoms. The minimum atomic E-state index is -3.65. The molecule has 3 aromatic rings. The van der Waals surface area contributed by atoms with Crippen LogP contribution in [-0.2, 0) is 10.0 Å². The fourth-order valence-electron chi connectivity index (χ4n) is 4.38. The summed E-state index contributed by atoms with van der Waals surface area (Å²) in [7, 11) is -3.65. The fraction of sp³-hybridized carbons (Fsp3) is 0.500. The number of aliphatic hydroxyl groups excluding tert-OH is 1. The fourth-order valence-corrected chi connectivity index (χ4v) is 5.56. The lowest BCUT2D eigenvalue weighted by atomic mass is 10.1. The zero-order valence-corrected chi connectivity index (χ0v) is 18.6. The lowest BCUT2D eigenvalue weighted by molar-refractivity contribution is 0.198. The van der Waals surface area contributed by atoms with Crippen LogP contribution in [0.5, 0.6) is 0 Å². The van der Waals surface area contributed by atoms with E-state index in [4.69, 9.17) is 4.98 Å². The maximum absolute atomic E-state index is 13.0. The Morgan fingerprint density at radius 2 is 2.09 bits per heavy atom. The van der Waals surface area contributed by atoms with Gasteiger partial charge in [0.25, 0.3) is 0 Å². The van der Waals surface area contributed by atoms with Crippen molar-refractivity contribution >= 4 is 33.0 Å². The molecule has 32 heavy (non-hydrogen) atoms. The van der Waals surface area contributed by atoms with Crippen LogP contribution >= 0.6 is 0 Å². The van der Waals surface area contributed by atoms with Crippen molar-refractivity contribution in [2.24, 2.45) is 0 Å². The predicted octanol–water partition coefficient (Wildman–Crippen LogP) is 0.504. The molecule has 0 unspecified atom stereocenters. The van der Waals surface area contributed by atoms with Crippen molar-refractivity contribution in [3.05, 3.63) is 24.7 Å². The first-order valence-corrected chi connectivity index (χ1v) is 12.6. The lowest BCUT2D eigenvalue weighted by Crippen LogP contribution is -2.49. The zero-order valence-electron chi connectivity index (χ0n) is 17.8. The van der Waals surface area contributed by atoms with Crippen LogP contribution in [0.15, 0.2) is 24.7 Å². The van der Waals surface area contributed by atoms with Crippen LogP contribution in [0.25, 0.3) is 22.4 Å². The normalized spacial score (nSPS) is 21.9. The van der Waals surface area contributed by atoms with Crippen LogP contribution in [0.4, 0.5) is 11.8 Å². The van der Waals surface area contributed by atoms with Gasteiger partial charge in [0.2, 0.25) is 16.0 Å². The summed E-state index contributed by atoms with van der Waals surface area (Å²) in [5, 5.41) is 13.2. The predicted molar refractivity (Wildman–Crippen MR) is 121 cm³/mol. The second kappa shape index (κ2) is 8.26. The summed E-state index contributed by atoms with van der Waals surface area (Å²) in [6.45, 7) is 2.42. The summed E-state index contributed by atoms with van der Waals surface area (Å²) in [5.41, 5.74) is 2.32. The van der Waals surface area contributed by atoms with Gasteiger partial charge in [-0.3, -0.25) is 0 Å². The molecule has 2 saturated heterocycles. The van der Waals surface area contributed by atoms with E-state index >= 15 is 0 Å². The molecule has 0 radical (unpaired) electrons. The molecular formula is C20H26N8O3S. The van der Waals surface area contributed by atoms with Gasteiger partial charge in [-0.15, -0.1) is 0 Å². The molecule has 11 nitrogen and oxygen atoms in total. The van der Waals surface area contributed by atoms with Crippen LogP contribution in [0, 0.1) is 0 Å². The van der Waals surface area contributed by atoms with Gasteiger partial charge in [-0.25, -0.2) is 27.7 Å². The Hall–Kier alpha value is -2.83. The molecule has 0 aliphatic carbocycles. The number of H-pyrrole nitrogens is 1. The maximum Gasteiger partial charge on any atom is 0.233 e. The quantitative estimate of drug-likeness (QED) is 0.498. The number of rotatable bonds is 5. The van der Waals surface area contributed by atoms with Gasteiger partial charge in [-0.05, 0) is 31.9 Å². The Kier molecular flexibility index (Phi) is 5.43. The topological polar surface area (TPSA) is 140 Å². The first-order chi connectivity index (χ1) is 15.4. The van der Waals surface area contributed by atoms with Gasteiger partial charge >= 0.3 is 0 Å². The number of sulfonamides is 1. The highest BCUT2D eigenvalue weighted by atomic mass is 32.2. The van der Waals surface area contributed by atoms with Crippen molar-refractivity contribution in [1.82, 2.24) is 30.2 Å². The molecule has 170 valence electrons. The lowest BCUT2D eigenvalue weighted by Gasteiger charge is -2.34. The highest BCUT2D eigenvalue weighted by Gasteiger charge is 2.33. The largest absolute Gasteiger partial charge is 0.391 e. The van der Waals surface area contributed by atoms with Gasteiger partial charge < -0.3 is 20.3 Å². The Morgan fingerprint density at radius 3 is 2.81 bits per heavy atom. The first kappa shape index (κ1) is 21.0. The SMILES string of the molecule is CS(=O)(=O)N(c1nc(N2CC[C@@H](O)C2)ncc1-c1cnc2[nH]ccc2n1)[C@H]1CCCNC1. The summed E-state index contributed by atoms with van der Waals surface area (Å²) in [5.74, 6) is 0.685. The van der Waals surface area contributed by atoms with E-state index < -0.39 is 16.1 Å². The molecule has 5 rings (SSSR count). The summed E-state index contributed by atoms with van der Waals surface area (Å²) in [4.78, 5) is 23.2. The molecule has 12 heteroatoms. The van der Waals surface area contributed by atoms with E-state index in [1.165, 1.54) is 10.6 Å². The van der Waals surface area contributed by atoms with E-state index in [-0.39, 0.29) is 11.9 Å². The van der Waals surface area contributed by atoms with Crippen molar-refractivity contribution < 1.29 is 13.5 Å². The third-order valence-electron chi connectivity index (χ3n) is 5.91. The van der Waals surface area contributed by atoms with E-state index in [0.717, 1.165) is 19.4 Å². The number of hydrogen-bond acceptors (Lipinski definition) is 9. The van der Waals surface area contributed by atoms with Crippen LogP contribution in [-0.4, -0.2) is 83.0 Å². The smallest absolute Gasteiger partial charge is 0.233 e. The van der Waals surface area contributed by atoms with E-state index in [1.807, 2.05) is 11.0 Å². The molecule has 3 aromatic heterocycles. The van der Waals surface area contributed by atoms with Gasteiger partial charge in [0, 0.05) is 32.0 Å². The average molecular weight is 459 g/mol. The van der Waals surface area contributed by atoms with Crippen molar-refractivity contribution in [2.45, 2.75) is 31.4 Å². The number of fused-ring (bicyclic) bond motifs is 1. The number of hydrogen-bond donors (Lipinski definition) is 3. The highest BCUT2D eigenvalue weighted by Crippen LogP contribution is 2.34. The van der Waals surface area contributed by atoms with Crippen molar-refractivity contribution in [2.75, 3.05) is 41.6 Å². The summed E-state index contributed by atoms with van der Waals surface area (Å²) < 4.78 is 27.4. The number of nitrogens with one attached hydrogen (secondary N) is 2. The molecule has 2 fully saturated rings. The van der Waals surface area contributed by atoms with Gasteiger partial charge in [0.05, 0.1) is 35.9 Å². The van der Waals surface area contributed by atoms with Crippen molar-refractivity contribution in [3.8, 4) is 11.3 Å². The number of anilines is 2. The van der Waals surface area contributed by atoms with Gasteiger partial charge in [0.1, 0.15) is 5.52 Å². The third-order valence-corrected chi connectivity index (χ3v) is 7.09. The number of aromatic nitrogens is 5. The standard InChI is InChI=1S/C20H26N8O3S/c1-32(30,31)28(13-3-2-6-21-9-13)19-15(17-11-23-18-16(25-17)4-7-22-18)10-24-20(26-19)27-8-5-14(29)12-27/h4,7,10-11,13-14,21,29H,2-3,5-6,8-9,12H2,1H3,(H,22,23)/t13-,14+/m0/s1. The Bertz CT molecular complexity index is 1220. The molecule has 0 aromatic carbocycles. The van der Waals surface area contributed by atoms with Crippen LogP contribution in [0.3, 0.4) is 0 Å². The first-order valence-electron chi connectivity index (χ1n) is 10.7. The molecular weight excluding hydrogens is 432 g/mol. The minimum Gasteiger partial charge on any atom is -0.391 e. The average Bonchev–Trinajstić information content (AvgIpc) is 3.42. The zero-order chi connectivity index (χ0) is 22.3. The van der Waals surface area contributed by atoms with Crippen LogP contribution in [0.2, 0.25) is 0 Å². The highest BCUT2D eigenvalue weighted by molar-refractivity contribution is 7.92. The van der Waals surface area contributed by atoms with Crippen molar-refractivity contribution in [3.63, 3.8) is 0 Å². The van der Waals surface area contributed by atoms with Crippen LogP contribution in [0.1, 0.15) is 19.3 Å². The van der Waals surface area contributed by atoms with Crippen LogP contribution < -0.4 is 14.5 Å². The summed E-state index contributed by atoms with van der Waals surface area (Å²) in [6.07, 6.45) is 7.94. The van der Waals surface area contributed by atoms with E-state index in [1.54, 1.807) is 18.6 Å². The van der Waals surface area contributed by atoms with Gasteiger partial charge in [0.15, 0.2) is 11.5 Å². The molecule has 2 aliphatic heterocycles. The molecule has 0 bridgehead atoms. The number of nitrogens with zero attached hydrogens (tertiary/aromatic N) is 6. The maximum atomic E-state index is 13.0. The van der Waals surface area contributed by atoms with Gasteiger partial charge in [-0.1, -0.05) is 0 Å². The monoisotopic (exact) mass is 458 g/mol. The van der Waals surface area contributed by atoms with E-state index in [9.17, 15) is 13.5 Å². The van der Waals surface area contributed by atoms with Crippen molar-refractivity contribution in [1.29, 1.82) is 0 Å². The minimum absolute atomic E-state index is 0.270. The molecule has 5 heterocycles. The third kappa shape index (κ3) is 4.00. The summed E-state index contributed by atoms with van der Waals surface area (Å²) in [6, 6.07) is 1.54. The summed E-state index contributed by atoms with van der Waals surface area (Å²) >= 11 is 0. The number of aromatic amines is 1. The second-order valence-corrected chi connectivity index (χ2v) is 10.2. The number of piperidine rings is 1. The molecule has 0 saturated carbocycles. The second-order valence-electron chi connectivity index (χ2n) is 8.32. The molecule has 2 aliphatic rings. The van der Waals surface area contributed by atoms with E-state index in [2.05, 4.69) is 25.3 Å².